The molecule has 0 aromatic heterocycles. The van der Waals surface area contributed by atoms with Gasteiger partial charge in [-0.25, -0.2) is 0 Å². The van der Waals surface area contributed by atoms with Gasteiger partial charge >= 0.3 is 0 Å². The van der Waals surface area contributed by atoms with Crippen molar-refractivity contribution >= 4 is 11.8 Å². The highest BCUT2D eigenvalue weighted by molar-refractivity contribution is 5.95. The van der Waals surface area contributed by atoms with Crippen molar-refractivity contribution in [3.8, 4) is 0 Å². The van der Waals surface area contributed by atoms with E-state index < -0.39 is 0 Å². The van der Waals surface area contributed by atoms with Gasteiger partial charge in [-0.15, -0.1) is 0 Å². The molecule has 0 spiro atoms. The average molecular weight is 379 g/mol. The SMILES string of the molecule is Cc1ccc(C(=O)NC2CCN(C(=O)c3ccc(C(C)C)cc3)CC2)cc1C. The number of carbonyl (C=O) groups is 2. The highest BCUT2D eigenvalue weighted by Crippen LogP contribution is 2.18. The molecule has 0 radical (unpaired) electrons. The molecule has 2 aromatic rings. The Morgan fingerprint density at radius 2 is 1.54 bits per heavy atom. The fourth-order valence-electron chi connectivity index (χ4n) is 3.57. The van der Waals surface area contributed by atoms with Gasteiger partial charge in [0.05, 0.1) is 0 Å². The van der Waals surface area contributed by atoms with Crippen molar-refractivity contribution < 1.29 is 9.59 Å². The lowest BCUT2D eigenvalue weighted by Crippen LogP contribution is -2.46. The number of amides is 2. The fourth-order valence-corrected chi connectivity index (χ4v) is 3.57. The third kappa shape index (κ3) is 4.61. The maximum atomic E-state index is 12.7. The van der Waals surface area contributed by atoms with Crippen LogP contribution in [0.3, 0.4) is 0 Å². The van der Waals surface area contributed by atoms with E-state index in [1.807, 2.05) is 61.2 Å². The number of hydrogen-bond acceptors (Lipinski definition) is 2. The molecule has 0 atom stereocenters. The van der Waals surface area contributed by atoms with Crippen LogP contribution in [0, 0.1) is 13.8 Å². The first kappa shape index (κ1) is 20.1. The first-order valence-electron chi connectivity index (χ1n) is 10.1. The summed E-state index contributed by atoms with van der Waals surface area (Å²) in [5.74, 6) is 0.507. The van der Waals surface area contributed by atoms with Crippen molar-refractivity contribution in [3.05, 3.63) is 70.3 Å². The van der Waals surface area contributed by atoms with Crippen molar-refractivity contribution in [2.45, 2.75) is 52.5 Å². The number of likely N-dealkylation sites (tertiary alicyclic amines) is 1. The molecule has 1 saturated heterocycles. The summed E-state index contributed by atoms with van der Waals surface area (Å²) in [7, 11) is 0. The number of benzene rings is 2. The van der Waals surface area contributed by atoms with Gasteiger partial charge in [0.25, 0.3) is 11.8 Å². The highest BCUT2D eigenvalue weighted by atomic mass is 16.2. The minimum Gasteiger partial charge on any atom is -0.349 e. The summed E-state index contributed by atoms with van der Waals surface area (Å²) in [5.41, 5.74) is 4.99. The standard InChI is InChI=1S/C24H30N2O2/c1-16(2)19-7-9-20(10-8-19)24(28)26-13-11-22(12-14-26)25-23(27)21-6-5-17(3)18(4)15-21/h5-10,15-16,22H,11-14H2,1-4H3,(H,25,27). The fraction of sp³-hybridized carbons (Fsp3) is 0.417. The summed E-state index contributed by atoms with van der Waals surface area (Å²) in [6.45, 7) is 9.69. The largest absolute Gasteiger partial charge is 0.349 e. The number of rotatable bonds is 4. The molecular weight excluding hydrogens is 348 g/mol. The first-order valence-corrected chi connectivity index (χ1v) is 10.1. The lowest BCUT2D eigenvalue weighted by atomic mass is 10.00. The maximum absolute atomic E-state index is 12.7. The van der Waals surface area contributed by atoms with Gasteiger partial charge in [-0.3, -0.25) is 9.59 Å². The van der Waals surface area contributed by atoms with Gasteiger partial charge in [-0.2, -0.15) is 0 Å². The molecule has 0 bridgehead atoms. The van der Waals surface area contributed by atoms with Gasteiger partial charge in [0.2, 0.25) is 0 Å². The lowest BCUT2D eigenvalue weighted by Gasteiger charge is -2.32. The smallest absolute Gasteiger partial charge is 0.253 e. The normalized spacial score (nSPS) is 15.0. The van der Waals surface area contributed by atoms with Crippen LogP contribution < -0.4 is 5.32 Å². The van der Waals surface area contributed by atoms with Gasteiger partial charge in [-0.05, 0) is 73.6 Å². The molecule has 1 aliphatic rings. The van der Waals surface area contributed by atoms with Crippen molar-refractivity contribution in [1.82, 2.24) is 10.2 Å². The van der Waals surface area contributed by atoms with Gasteiger partial charge in [0.15, 0.2) is 0 Å². The molecular formula is C24H30N2O2. The Morgan fingerprint density at radius 3 is 2.11 bits per heavy atom. The molecule has 2 aromatic carbocycles. The first-order chi connectivity index (χ1) is 13.3. The van der Waals surface area contributed by atoms with Gasteiger partial charge < -0.3 is 10.2 Å². The second kappa shape index (κ2) is 8.59. The minimum absolute atomic E-state index is 0.0304. The molecule has 1 aliphatic heterocycles. The molecule has 1 fully saturated rings. The quantitative estimate of drug-likeness (QED) is 0.854. The molecule has 1 heterocycles. The number of carbonyl (C=O) groups excluding carboxylic acids is 2. The van der Waals surface area contributed by atoms with Crippen LogP contribution in [0.1, 0.15) is 70.0 Å². The van der Waals surface area contributed by atoms with E-state index in [1.165, 1.54) is 11.1 Å². The van der Waals surface area contributed by atoms with Crippen LogP contribution in [-0.4, -0.2) is 35.8 Å². The van der Waals surface area contributed by atoms with Crippen LogP contribution in [0.25, 0.3) is 0 Å². The Balaban J connectivity index is 1.54. The Kier molecular flexibility index (Phi) is 6.18. The van der Waals surface area contributed by atoms with Crippen molar-refractivity contribution in [1.29, 1.82) is 0 Å². The molecule has 4 nitrogen and oxygen atoms in total. The van der Waals surface area contributed by atoms with E-state index in [1.54, 1.807) is 0 Å². The number of nitrogens with one attached hydrogen (secondary N) is 1. The average Bonchev–Trinajstić information content (AvgIpc) is 2.70. The third-order valence-corrected chi connectivity index (χ3v) is 5.71. The van der Waals surface area contributed by atoms with Crippen LogP contribution in [0.15, 0.2) is 42.5 Å². The van der Waals surface area contributed by atoms with Crippen LogP contribution in [0.4, 0.5) is 0 Å². The zero-order valence-electron chi connectivity index (χ0n) is 17.3. The number of aryl methyl sites for hydroxylation is 2. The van der Waals surface area contributed by atoms with E-state index in [2.05, 4.69) is 19.2 Å². The molecule has 148 valence electrons. The van der Waals surface area contributed by atoms with Gasteiger partial charge in [0.1, 0.15) is 0 Å². The summed E-state index contributed by atoms with van der Waals surface area (Å²) >= 11 is 0. The summed E-state index contributed by atoms with van der Waals surface area (Å²) < 4.78 is 0. The molecule has 0 saturated carbocycles. The summed E-state index contributed by atoms with van der Waals surface area (Å²) in [4.78, 5) is 27.1. The predicted octanol–water partition coefficient (Wildman–Crippen LogP) is 4.46. The van der Waals surface area contributed by atoms with Crippen LogP contribution in [-0.2, 0) is 0 Å². The maximum Gasteiger partial charge on any atom is 0.253 e. The summed E-state index contributed by atoms with van der Waals surface area (Å²) in [6.07, 6.45) is 1.57. The van der Waals surface area contributed by atoms with E-state index in [-0.39, 0.29) is 17.9 Å². The molecule has 0 aliphatic carbocycles. The van der Waals surface area contributed by atoms with Crippen LogP contribution >= 0.6 is 0 Å². The topological polar surface area (TPSA) is 49.4 Å². The summed E-state index contributed by atoms with van der Waals surface area (Å²) in [6, 6.07) is 13.8. The molecule has 28 heavy (non-hydrogen) atoms. The molecule has 2 amide bonds. The second-order valence-electron chi connectivity index (χ2n) is 8.12. The Bertz CT molecular complexity index is 847. The lowest BCUT2D eigenvalue weighted by molar-refractivity contribution is 0.0698. The Morgan fingerprint density at radius 1 is 0.929 bits per heavy atom. The van der Waals surface area contributed by atoms with Crippen LogP contribution in [0.2, 0.25) is 0 Å². The van der Waals surface area contributed by atoms with Crippen LogP contribution in [0.5, 0.6) is 0 Å². The molecule has 4 heteroatoms. The van der Waals surface area contributed by atoms with E-state index in [4.69, 9.17) is 0 Å². The van der Waals surface area contributed by atoms with E-state index in [0.29, 0.717) is 24.6 Å². The second-order valence-corrected chi connectivity index (χ2v) is 8.12. The molecule has 1 N–H and O–H groups in total. The van der Waals surface area contributed by atoms with E-state index in [0.717, 1.165) is 24.0 Å². The summed E-state index contributed by atoms with van der Waals surface area (Å²) in [5, 5.41) is 3.12. The minimum atomic E-state index is -0.0304. The third-order valence-electron chi connectivity index (χ3n) is 5.71. The van der Waals surface area contributed by atoms with Crippen molar-refractivity contribution in [3.63, 3.8) is 0 Å². The zero-order chi connectivity index (χ0) is 20.3. The van der Waals surface area contributed by atoms with Crippen molar-refractivity contribution in [2.75, 3.05) is 13.1 Å². The zero-order valence-corrected chi connectivity index (χ0v) is 17.3. The predicted molar refractivity (Wildman–Crippen MR) is 113 cm³/mol. The Hall–Kier alpha value is -2.62. The number of piperidine rings is 1. The van der Waals surface area contributed by atoms with E-state index >= 15 is 0 Å². The monoisotopic (exact) mass is 378 g/mol. The number of hydrogen-bond donors (Lipinski definition) is 1. The Labute approximate surface area is 167 Å². The molecule has 0 unspecified atom stereocenters. The van der Waals surface area contributed by atoms with Gasteiger partial charge in [-0.1, -0.05) is 32.0 Å². The number of nitrogens with zero attached hydrogens (tertiary/aromatic N) is 1. The molecule has 3 rings (SSSR count). The van der Waals surface area contributed by atoms with E-state index in [9.17, 15) is 9.59 Å². The highest BCUT2D eigenvalue weighted by Gasteiger charge is 2.25. The van der Waals surface area contributed by atoms with Crippen molar-refractivity contribution in [2.24, 2.45) is 0 Å². The van der Waals surface area contributed by atoms with Gasteiger partial charge in [0, 0.05) is 30.3 Å².